The molecule has 0 bridgehead atoms. The Morgan fingerprint density at radius 2 is 1.48 bits per heavy atom. The summed E-state index contributed by atoms with van der Waals surface area (Å²) in [5.41, 5.74) is 0.889. The number of Topliss-reactive ketones (excluding diaryl/α,β-unsaturated/α-hetero) is 1. The molecule has 1 aliphatic rings. The molecule has 1 amide bonds. The molecule has 0 aromatic heterocycles. The molecule has 1 atom stereocenters. The number of phenolic OH excluding ortho intramolecular Hbond substituents is 1. The average molecular weight is 475 g/mol. The molecular weight excluding hydrogens is 461 g/mol. The Balaban J connectivity index is 1.97. The minimum Gasteiger partial charge on any atom is -0.508 e. The highest BCUT2D eigenvalue weighted by atomic mass is 35.5. The van der Waals surface area contributed by atoms with Crippen LogP contribution in [0.5, 0.6) is 5.75 Å². The summed E-state index contributed by atoms with van der Waals surface area (Å²) in [6, 6.07) is 15.8. The summed E-state index contributed by atoms with van der Waals surface area (Å²) < 4.78 is 0. The molecule has 1 saturated heterocycles. The second-order valence-corrected chi connectivity index (χ2v) is 8.21. The largest absolute Gasteiger partial charge is 0.508 e. The quantitative estimate of drug-likeness (QED) is 0.278. The Morgan fingerprint density at radius 1 is 0.839 bits per heavy atom. The molecule has 3 aromatic rings. The topological polar surface area (TPSA) is 77.8 Å². The van der Waals surface area contributed by atoms with E-state index in [1.165, 1.54) is 35.2 Å². The van der Waals surface area contributed by atoms with Crippen molar-refractivity contribution in [2.45, 2.75) is 6.04 Å². The molecule has 1 heterocycles. The number of hydrogen-bond donors (Lipinski definition) is 2. The smallest absolute Gasteiger partial charge is 0.300 e. The SMILES string of the molecule is O=C1C(=O)N(c2cc(Cl)cc(Cl)c2)C(c2cccc(O)c2)/C1=C(\O)c1ccc(Cl)cc1. The minimum absolute atomic E-state index is 0.0568. The Bertz CT molecular complexity index is 1220. The number of phenols is 1. The van der Waals surface area contributed by atoms with Gasteiger partial charge in [0.15, 0.2) is 0 Å². The zero-order chi connectivity index (χ0) is 22.3. The number of hydrogen-bond acceptors (Lipinski definition) is 4. The predicted octanol–water partition coefficient (Wildman–Crippen LogP) is 5.98. The van der Waals surface area contributed by atoms with Crippen molar-refractivity contribution in [3.8, 4) is 5.75 Å². The zero-order valence-corrected chi connectivity index (χ0v) is 18.0. The van der Waals surface area contributed by atoms with Gasteiger partial charge in [0.25, 0.3) is 11.7 Å². The summed E-state index contributed by atoms with van der Waals surface area (Å²) in [6.07, 6.45) is 0. The third kappa shape index (κ3) is 4.00. The van der Waals surface area contributed by atoms with Gasteiger partial charge in [0.05, 0.1) is 11.6 Å². The number of rotatable bonds is 3. The van der Waals surface area contributed by atoms with Gasteiger partial charge in [-0.25, -0.2) is 0 Å². The minimum atomic E-state index is -1.02. The van der Waals surface area contributed by atoms with E-state index in [-0.39, 0.29) is 32.8 Å². The number of benzene rings is 3. The molecule has 8 heteroatoms. The van der Waals surface area contributed by atoms with E-state index in [4.69, 9.17) is 34.8 Å². The maximum absolute atomic E-state index is 13.1. The van der Waals surface area contributed by atoms with Gasteiger partial charge in [-0.1, -0.05) is 46.9 Å². The highest BCUT2D eigenvalue weighted by Crippen LogP contribution is 2.43. The van der Waals surface area contributed by atoms with Crippen LogP contribution in [0.4, 0.5) is 5.69 Å². The molecule has 31 heavy (non-hydrogen) atoms. The van der Waals surface area contributed by atoms with Crippen molar-refractivity contribution in [2.24, 2.45) is 0 Å². The maximum Gasteiger partial charge on any atom is 0.300 e. The van der Waals surface area contributed by atoms with E-state index >= 15 is 0 Å². The van der Waals surface area contributed by atoms with Crippen LogP contribution in [-0.4, -0.2) is 21.9 Å². The van der Waals surface area contributed by atoms with Crippen LogP contribution >= 0.6 is 34.8 Å². The second kappa shape index (κ2) is 8.27. The fourth-order valence-corrected chi connectivity index (χ4v) is 4.19. The highest BCUT2D eigenvalue weighted by Gasteiger charge is 2.47. The number of aromatic hydroxyl groups is 1. The van der Waals surface area contributed by atoms with Crippen LogP contribution in [-0.2, 0) is 9.59 Å². The van der Waals surface area contributed by atoms with E-state index in [1.54, 1.807) is 36.4 Å². The Morgan fingerprint density at radius 3 is 2.10 bits per heavy atom. The van der Waals surface area contributed by atoms with Crippen LogP contribution in [0.2, 0.25) is 15.1 Å². The van der Waals surface area contributed by atoms with Gasteiger partial charge in [0.1, 0.15) is 11.5 Å². The first-order chi connectivity index (χ1) is 14.8. The fourth-order valence-electron chi connectivity index (χ4n) is 3.55. The van der Waals surface area contributed by atoms with Gasteiger partial charge in [-0.3, -0.25) is 14.5 Å². The molecule has 0 radical (unpaired) electrons. The van der Waals surface area contributed by atoms with Crippen LogP contribution in [0.15, 0.2) is 72.3 Å². The van der Waals surface area contributed by atoms with Crippen LogP contribution < -0.4 is 4.90 Å². The molecule has 0 saturated carbocycles. The fraction of sp³-hybridized carbons (Fsp3) is 0.0435. The highest BCUT2D eigenvalue weighted by molar-refractivity contribution is 6.52. The van der Waals surface area contributed by atoms with Gasteiger partial charge in [-0.2, -0.15) is 0 Å². The van der Waals surface area contributed by atoms with Gasteiger partial charge < -0.3 is 10.2 Å². The molecule has 0 spiro atoms. The third-order valence-corrected chi connectivity index (χ3v) is 5.56. The predicted molar refractivity (Wildman–Crippen MR) is 121 cm³/mol. The molecule has 3 aromatic carbocycles. The summed E-state index contributed by atoms with van der Waals surface area (Å²) in [5, 5.41) is 22.0. The maximum atomic E-state index is 13.1. The molecule has 1 fully saturated rings. The number of aliphatic hydroxyl groups excluding tert-OH is 1. The van der Waals surface area contributed by atoms with Crippen LogP contribution in [0, 0.1) is 0 Å². The van der Waals surface area contributed by atoms with E-state index in [0.29, 0.717) is 16.1 Å². The molecule has 1 aliphatic heterocycles. The lowest BCUT2D eigenvalue weighted by Crippen LogP contribution is -2.29. The summed E-state index contributed by atoms with van der Waals surface area (Å²) in [5.74, 6) is -2.16. The lowest BCUT2D eigenvalue weighted by atomic mass is 9.95. The number of carbonyl (C=O) groups excluding carboxylic acids is 2. The Kier molecular flexibility index (Phi) is 5.67. The van der Waals surface area contributed by atoms with E-state index in [2.05, 4.69) is 0 Å². The second-order valence-electron chi connectivity index (χ2n) is 6.90. The number of nitrogens with zero attached hydrogens (tertiary/aromatic N) is 1. The van der Waals surface area contributed by atoms with Crippen molar-refractivity contribution < 1.29 is 19.8 Å². The van der Waals surface area contributed by atoms with Crippen molar-refractivity contribution in [3.63, 3.8) is 0 Å². The standard InChI is InChI=1S/C23H14Cl3NO4/c24-14-6-4-12(5-7-14)21(29)19-20(13-2-1-3-18(28)8-13)27(23(31)22(19)30)17-10-15(25)9-16(26)11-17/h1-11,20,28-29H/b21-19+. The van der Waals surface area contributed by atoms with E-state index < -0.39 is 17.7 Å². The Hall–Kier alpha value is -2.99. The normalized spacial score (nSPS) is 17.9. The monoisotopic (exact) mass is 473 g/mol. The number of anilines is 1. The van der Waals surface area contributed by atoms with Crippen LogP contribution in [0.1, 0.15) is 17.2 Å². The zero-order valence-electron chi connectivity index (χ0n) is 15.7. The van der Waals surface area contributed by atoms with Crippen LogP contribution in [0.25, 0.3) is 5.76 Å². The van der Waals surface area contributed by atoms with Gasteiger partial charge in [-0.05, 0) is 60.2 Å². The Labute approximate surface area is 192 Å². The first kappa shape index (κ1) is 21.2. The summed E-state index contributed by atoms with van der Waals surface area (Å²) in [7, 11) is 0. The number of carbonyl (C=O) groups is 2. The summed E-state index contributed by atoms with van der Waals surface area (Å²) in [6.45, 7) is 0. The summed E-state index contributed by atoms with van der Waals surface area (Å²) in [4.78, 5) is 27.3. The molecule has 156 valence electrons. The molecule has 4 rings (SSSR count). The molecule has 0 aliphatic carbocycles. The first-order valence-electron chi connectivity index (χ1n) is 9.08. The lowest BCUT2D eigenvalue weighted by Gasteiger charge is -2.26. The number of halogens is 3. The third-order valence-electron chi connectivity index (χ3n) is 4.87. The average Bonchev–Trinajstić information content (AvgIpc) is 2.98. The molecule has 5 nitrogen and oxygen atoms in total. The van der Waals surface area contributed by atoms with Gasteiger partial charge in [-0.15, -0.1) is 0 Å². The first-order valence-corrected chi connectivity index (χ1v) is 10.2. The summed E-state index contributed by atoms with van der Waals surface area (Å²) >= 11 is 18.2. The van der Waals surface area contributed by atoms with Gasteiger partial charge in [0, 0.05) is 26.3 Å². The lowest BCUT2D eigenvalue weighted by molar-refractivity contribution is -0.132. The van der Waals surface area contributed by atoms with Crippen molar-refractivity contribution >= 4 is 57.9 Å². The van der Waals surface area contributed by atoms with E-state index in [0.717, 1.165) is 0 Å². The van der Waals surface area contributed by atoms with E-state index in [1.807, 2.05) is 0 Å². The van der Waals surface area contributed by atoms with E-state index in [9.17, 15) is 19.8 Å². The molecular formula is C23H14Cl3NO4. The van der Waals surface area contributed by atoms with Crippen molar-refractivity contribution in [1.29, 1.82) is 0 Å². The molecule has 1 unspecified atom stereocenters. The van der Waals surface area contributed by atoms with Gasteiger partial charge >= 0.3 is 0 Å². The number of amides is 1. The van der Waals surface area contributed by atoms with Crippen LogP contribution in [0.3, 0.4) is 0 Å². The number of aliphatic hydroxyl groups is 1. The number of ketones is 1. The molecule has 2 N–H and O–H groups in total. The van der Waals surface area contributed by atoms with Crippen molar-refractivity contribution in [1.82, 2.24) is 0 Å². The van der Waals surface area contributed by atoms with Crippen molar-refractivity contribution in [3.05, 3.63) is 98.5 Å². The van der Waals surface area contributed by atoms with Gasteiger partial charge in [0.2, 0.25) is 0 Å². The van der Waals surface area contributed by atoms with Crippen molar-refractivity contribution in [2.75, 3.05) is 4.90 Å².